The zero-order valence-corrected chi connectivity index (χ0v) is 16.7. The number of nitrogens with one attached hydrogen (secondary N) is 1. The van der Waals surface area contributed by atoms with Gasteiger partial charge in [-0.1, -0.05) is 11.8 Å². The molecule has 3 heterocycles. The Hall–Kier alpha value is -2.49. The summed E-state index contributed by atoms with van der Waals surface area (Å²) < 4.78 is 5.16. The van der Waals surface area contributed by atoms with E-state index in [4.69, 9.17) is 4.74 Å². The highest BCUT2D eigenvalue weighted by atomic mass is 32.2. The first kappa shape index (κ1) is 17.9. The minimum absolute atomic E-state index is 0.113. The smallest absolute Gasteiger partial charge is 0.236 e. The third-order valence-corrected chi connectivity index (χ3v) is 6.29. The summed E-state index contributed by atoms with van der Waals surface area (Å²) in [6.45, 7) is 0. The maximum Gasteiger partial charge on any atom is 0.236 e. The number of amides is 1. The Morgan fingerprint density at radius 3 is 2.85 bits per heavy atom. The molecule has 136 valence electrons. The van der Waals surface area contributed by atoms with Gasteiger partial charge in [-0.15, -0.1) is 22.7 Å². The number of rotatable bonds is 6. The van der Waals surface area contributed by atoms with E-state index in [-0.39, 0.29) is 11.7 Å². The summed E-state index contributed by atoms with van der Waals surface area (Å²) in [7, 11) is 1.63. The van der Waals surface area contributed by atoms with E-state index >= 15 is 0 Å². The fourth-order valence-corrected chi connectivity index (χ4v) is 4.71. The first-order valence-electron chi connectivity index (χ1n) is 7.94. The second kappa shape index (κ2) is 8.03. The number of thiophene rings is 1. The standard InChI is InChI=1S/C18H14N4O2S3/c1-24-12-4-2-11(3-5-12)14-8-27-18(21-14)22-15(23)9-26-17-13-6-7-25-16(13)19-10-20-17/h2-8,10H,9H2,1H3,(H,21,22,23). The zero-order valence-electron chi connectivity index (χ0n) is 14.2. The van der Waals surface area contributed by atoms with Crippen LogP contribution in [0, 0.1) is 0 Å². The van der Waals surface area contributed by atoms with Gasteiger partial charge in [0.2, 0.25) is 5.91 Å². The molecular formula is C18H14N4O2S3. The number of anilines is 1. The lowest BCUT2D eigenvalue weighted by Gasteiger charge is -2.03. The summed E-state index contributed by atoms with van der Waals surface area (Å²) >= 11 is 4.36. The Labute approximate surface area is 167 Å². The van der Waals surface area contributed by atoms with E-state index in [0.29, 0.717) is 5.13 Å². The first-order valence-corrected chi connectivity index (χ1v) is 10.7. The Bertz CT molecular complexity index is 1080. The van der Waals surface area contributed by atoms with E-state index in [9.17, 15) is 4.79 Å². The van der Waals surface area contributed by atoms with Crippen LogP contribution in [0.25, 0.3) is 21.5 Å². The highest BCUT2D eigenvalue weighted by Gasteiger charge is 2.11. The van der Waals surface area contributed by atoms with E-state index in [1.165, 1.54) is 29.4 Å². The molecule has 3 aromatic heterocycles. The summed E-state index contributed by atoms with van der Waals surface area (Å²) in [4.78, 5) is 26.2. The number of methoxy groups -OCH3 is 1. The molecule has 0 atom stereocenters. The van der Waals surface area contributed by atoms with Crippen LogP contribution < -0.4 is 10.1 Å². The van der Waals surface area contributed by atoms with Gasteiger partial charge >= 0.3 is 0 Å². The second-order valence-corrected chi connectivity index (χ2v) is 8.14. The van der Waals surface area contributed by atoms with E-state index < -0.39 is 0 Å². The third-order valence-electron chi connectivity index (χ3n) is 3.70. The molecule has 0 saturated heterocycles. The number of carbonyl (C=O) groups excluding carboxylic acids is 1. The largest absolute Gasteiger partial charge is 0.497 e. The average molecular weight is 415 g/mol. The molecule has 0 saturated carbocycles. The van der Waals surface area contributed by atoms with Crippen LogP contribution in [-0.4, -0.2) is 33.7 Å². The SMILES string of the molecule is COc1ccc(-c2csc(NC(=O)CSc3ncnc4sccc34)n2)cc1. The molecular weight excluding hydrogens is 400 g/mol. The Morgan fingerprint density at radius 1 is 1.19 bits per heavy atom. The molecule has 0 spiro atoms. The number of benzene rings is 1. The average Bonchev–Trinajstić information content (AvgIpc) is 3.36. The lowest BCUT2D eigenvalue weighted by atomic mass is 10.2. The fraction of sp³-hybridized carbons (Fsp3) is 0.111. The minimum Gasteiger partial charge on any atom is -0.497 e. The number of hydrogen-bond acceptors (Lipinski definition) is 8. The maximum absolute atomic E-state index is 12.3. The fourth-order valence-electron chi connectivity index (χ4n) is 2.40. The predicted molar refractivity (Wildman–Crippen MR) is 111 cm³/mol. The molecule has 0 bridgehead atoms. The molecule has 1 N–H and O–H groups in total. The Morgan fingerprint density at radius 2 is 2.04 bits per heavy atom. The minimum atomic E-state index is -0.113. The molecule has 6 nitrogen and oxygen atoms in total. The lowest BCUT2D eigenvalue weighted by Crippen LogP contribution is -2.13. The molecule has 1 amide bonds. The highest BCUT2D eigenvalue weighted by Crippen LogP contribution is 2.29. The molecule has 4 aromatic rings. The highest BCUT2D eigenvalue weighted by molar-refractivity contribution is 8.00. The summed E-state index contributed by atoms with van der Waals surface area (Å²) in [5.74, 6) is 0.945. The van der Waals surface area contributed by atoms with E-state index in [0.717, 1.165) is 32.2 Å². The van der Waals surface area contributed by atoms with Crippen LogP contribution in [0.5, 0.6) is 5.75 Å². The van der Waals surface area contributed by atoms with Gasteiger partial charge in [-0.05, 0) is 35.7 Å². The van der Waals surface area contributed by atoms with E-state index in [1.807, 2.05) is 41.1 Å². The zero-order chi connectivity index (χ0) is 18.6. The second-order valence-electron chi connectivity index (χ2n) is 5.42. The van der Waals surface area contributed by atoms with Gasteiger partial charge in [0.05, 0.1) is 18.6 Å². The number of nitrogens with zero attached hydrogens (tertiary/aromatic N) is 3. The number of thiazole rings is 1. The van der Waals surface area contributed by atoms with Gasteiger partial charge in [-0.2, -0.15) is 0 Å². The van der Waals surface area contributed by atoms with Crippen molar-refractivity contribution in [2.75, 3.05) is 18.2 Å². The molecule has 0 unspecified atom stereocenters. The normalized spacial score (nSPS) is 10.9. The van der Waals surface area contributed by atoms with Crippen molar-refractivity contribution >= 4 is 55.7 Å². The van der Waals surface area contributed by atoms with Gasteiger partial charge in [-0.3, -0.25) is 4.79 Å². The van der Waals surface area contributed by atoms with Crippen LogP contribution in [-0.2, 0) is 4.79 Å². The molecule has 0 aliphatic rings. The van der Waals surface area contributed by atoms with Crippen molar-refractivity contribution in [1.29, 1.82) is 0 Å². The van der Waals surface area contributed by atoms with Crippen molar-refractivity contribution in [3.63, 3.8) is 0 Å². The maximum atomic E-state index is 12.3. The van der Waals surface area contributed by atoms with Crippen LogP contribution in [0.4, 0.5) is 5.13 Å². The Balaban J connectivity index is 1.38. The number of aromatic nitrogens is 3. The van der Waals surface area contributed by atoms with Crippen molar-refractivity contribution < 1.29 is 9.53 Å². The van der Waals surface area contributed by atoms with Gasteiger partial charge < -0.3 is 10.1 Å². The molecule has 9 heteroatoms. The summed E-state index contributed by atoms with van der Waals surface area (Å²) in [5.41, 5.74) is 1.80. The van der Waals surface area contributed by atoms with Gasteiger partial charge in [0.15, 0.2) is 5.13 Å². The van der Waals surface area contributed by atoms with Crippen LogP contribution in [0.1, 0.15) is 0 Å². The summed E-state index contributed by atoms with van der Waals surface area (Å²) in [6.07, 6.45) is 1.53. The monoisotopic (exact) mass is 414 g/mol. The number of carbonyl (C=O) groups is 1. The van der Waals surface area contributed by atoms with Gasteiger partial charge in [-0.25, -0.2) is 15.0 Å². The van der Waals surface area contributed by atoms with E-state index in [1.54, 1.807) is 18.4 Å². The quantitative estimate of drug-likeness (QED) is 0.368. The molecule has 0 aliphatic heterocycles. The van der Waals surface area contributed by atoms with Crippen molar-refractivity contribution in [2.24, 2.45) is 0 Å². The summed E-state index contributed by atoms with van der Waals surface area (Å²) in [5, 5.41) is 9.12. The number of hydrogen-bond donors (Lipinski definition) is 1. The van der Waals surface area contributed by atoms with Gasteiger partial charge in [0.1, 0.15) is 21.9 Å². The number of fused-ring (bicyclic) bond motifs is 1. The lowest BCUT2D eigenvalue weighted by molar-refractivity contribution is -0.113. The predicted octanol–water partition coefficient (Wildman–Crippen LogP) is 4.55. The molecule has 0 radical (unpaired) electrons. The summed E-state index contributed by atoms with van der Waals surface area (Å²) in [6, 6.07) is 9.63. The van der Waals surface area contributed by atoms with Crippen molar-refractivity contribution in [3.8, 4) is 17.0 Å². The van der Waals surface area contributed by atoms with E-state index in [2.05, 4.69) is 20.3 Å². The molecule has 1 aromatic carbocycles. The van der Waals surface area contributed by atoms with Crippen LogP contribution >= 0.6 is 34.4 Å². The molecule has 0 fully saturated rings. The molecule has 27 heavy (non-hydrogen) atoms. The number of ether oxygens (including phenoxy) is 1. The Kier molecular flexibility index (Phi) is 5.33. The van der Waals surface area contributed by atoms with Crippen LogP contribution in [0.15, 0.2) is 52.4 Å². The first-order chi connectivity index (χ1) is 13.2. The van der Waals surface area contributed by atoms with Gasteiger partial charge in [0, 0.05) is 16.3 Å². The third kappa shape index (κ3) is 4.10. The van der Waals surface area contributed by atoms with Crippen molar-refractivity contribution in [1.82, 2.24) is 15.0 Å². The van der Waals surface area contributed by atoms with Crippen molar-refractivity contribution in [2.45, 2.75) is 5.03 Å². The van der Waals surface area contributed by atoms with Crippen LogP contribution in [0.2, 0.25) is 0 Å². The topological polar surface area (TPSA) is 77.0 Å². The molecule has 0 aliphatic carbocycles. The number of thioether (sulfide) groups is 1. The van der Waals surface area contributed by atoms with Crippen molar-refractivity contribution in [3.05, 3.63) is 47.4 Å². The molecule has 4 rings (SSSR count). The van der Waals surface area contributed by atoms with Gasteiger partial charge in [0.25, 0.3) is 0 Å². The van der Waals surface area contributed by atoms with Crippen LogP contribution in [0.3, 0.4) is 0 Å².